The second-order valence-corrected chi connectivity index (χ2v) is 5.32. The highest BCUT2D eigenvalue weighted by Crippen LogP contribution is 2.21. The highest BCUT2D eigenvalue weighted by atomic mass is 16.1. The molecule has 1 N–H and O–H groups in total. The Hall–Kier alpha value is -0.570. The van der Waals surface area contributed by atoms with Gasteiger partial charge in [0.2, 0.25) is 5.91 Å². The van der Waals surface area contributed by atoms with Crippen molar-refractivity contribution in [2.24, 2.45) is 0 Å². The third-order valence-electron chi connectivity index (χ3n) is 3.76. The Bertz CT molecular complexity index is 212. The molecule has 0 atom stereocenters. The van der Waals surface area contributed by atoms with Crippen LogP contribution in [0.15, 0.2) is 0 Å². The average Bonchev–Trinajstić information content (AvgIpc) is 2.34. The van der Waals surface area contributed by atoms with Crippen LogP contribution in [0.2, 0.25) is 0 Å². The Labute approximate surface area is 106 Å². The molecular formula is C14H28N2O. The standard InChI is InChI=1S/C14H28N2O/c1-13(17)15-11-7-4-8-12-16(2)14-9-5-3-6-10-14/h14H,3-12H2,1-2H3,(H,15,17). The lowest BCUT2D eigenvalue weighted by atomic mass is 9.94. The van der Waals surface area contributed by atoms with E-state index in [1.807, 2.05) is 0 Å². The van der Waals surface area contributed by atoms with Crippen molar-refractivity contribution in [2.45, 2.75) is 64.3 Å². The smallest absolute Gasteiger partial charge is 0.216 e. The van der Waals surface area contributed by atoms with Crippen LogP contribution in [0.5, 0.6) is 0 Å². The maximum Gasteiger partial charge on any atom is 0.216 e. The first-order valence-corrected chi connectivity index (χ1v) is 7.15. The van der Waals surface area contributed by atoms with Crippen LogP contribution >= 0.6 is 0 Å². The monoisotopic (exact) mass is 240 g/mol. The number of nitrogens with zero attached hydrogens (tertiary/aromatic N) is 1. The first-order valence-electron chi connectivity index (χ1n) is 7.15. The lowest BCUT2D eigenvalue weighted by Gasteiger charge is -2.31. The molecule has 0 aliphatic heterocycles. The SMILES string of the molecule is CC(=O)NCCCCCN(C)C1CCCCC1. The third-order valence-corrected chi connectivity index (χ3v) is 3.76. The number of nitrogens with one attached hydrogen (secondary N) is 1. The van der Waals surface area contributed by atoms with Crippen molar-refractivity contribution in [1.29, 1.82) is 0 Å². The summed E-state index contributed by atoms with van der Waals surface area (Å²) < 4.78 is 0. The molecule has 3 heteroatoms. The first kappa shape index (κ1) is 14.5. The molecule has 0 aromatic rings. The van der Waals surface area contributed by atoms with Crippen LogP contribution in [0, 0.1) is 0 Å². The molecule has 0 spiro atoms. The van der Waals surface area contributed by atoms with Crippen molar-refractivity contribution >= 4 is 5.91 Å². The van der Waals surface area contributed by atoms with E-state index in [4.69, 9.17) is 0 Å². The normalized spacial score (nSPS) is 17.4. The van der Waals surface area contributed by atoms with E-state index in [9.17, 15) is 4.79 Å². The van der Waals surface area contributed by atoms with Crippen molar-refractivity contribution in [2.75, 3.05) is 20.1 Å². The summed E-state index contributed by atoms with van der Waals surface area (Å²) >= 11 is 0. The van der Waals surface area contributed by atoms with Gasteiger partial charge in [0.25, 0.3) is 0 Å². The first-order chi connectivity index (χ1) is 8.20. The average molecular weight is 240 g/mol. The van der Waals surface area contributed by atoms with Crippen molar-refractivity contribution in [3.05, 3.63) is 0 Å². The molecule has 0 saturated heterocycles. The van der Waals surface area contributed by atoms with Crippen molar-refractivity contribution in [1.82, 2.24) is 10.2 Å². The topological polar surface area (TPSA) is 32.3 Å². The number of carbonyl (C=O) groups is 1. The summed E-state index contributed by atoms with van der Waals surface area (Å²) in [4.78, 5) is 13.2. The highest BCUT2D eigenvalue weighted by Gasteiger charge is 2.16. The lowest BCUT2D eigenvalue weighted by molar-refractivity contribution is -0.118. The van der Waals surface area contributed by atoms with Gasteiger partial charge in [-0.1, -0.05) is 25.7 Å². The summed E-state index contributed by atoms with van der Waals surface area (Å²) in [5.74, 6) is 0.0873. The summed E-state index contributed by atoms with van der Waals surface area (Å²) in [5.41, 5.74) is 0. The predicted molar refractivity (Wildman–Crippen MR) is 72.0 cm³/mol. The summed E-state index contributed by atoms with van der Waals surface area (Å²) in [6.45, 7) is 3.63. The second kappa shape index (κ2) is 8.51. The van der Waals surface area contributed by atoms with E-state index in [0.717, 1.165) is 19.0 Å². The summed E-state index contributed by atoms with van der Waals surface area (Å²) in [6, 6.07) is 0.832. The van der Waals surface area contributed by atoms with Crippen molar-refractivity contribution in [3.8, 4) is 0 Å². The molecule has 1 aliphatic rings. The van der Waals surface area contributed by atoms with Crippen LogP contribution in [0.3, 0.4) is 0 Å². The number of amides is 1. The van der Waals surface area contributed by atoms with E-state index in [0.29, 0.717) is 0 Å². The van der Waals surface area contributed by atoms with E-state index in [1.54, 1.807) is 6.92 Å². The largest absolute Gasteiger partial charge is 0.356 e. The third kappa shape index (κ3) is 6.67. The van der Waals surface area contributed by atoms with E-state index >= 15 is 0 Å². The number of carbonyl (C=O) groups excluding carboxylic acids is 1. The fourth-order valence-electron chi connectivity index (χ4n) is 2.63. The Kier molecular flexibility index (Phi) is 7.25. The van der Waals surface area contributed by atoms with Crippen molar-refractivity contribution < 1.29 is 4.79 Å². The molecule has 1 fully saturated rings. The molecule has 1 rings (SSSR count). The fourth-order valence-corrected chi connectivity index (χ4v) is 2.63. The Morgan fingerprint density at radius 1 is 1.18 bits per heavy atom. The van der Waals surface area contributed by atoms with E-state index in [1.165, 1.54) is 51.5 Å². The number of hydrogen-bond donors (Lipinski definition) is 1. The number of rotatable bonds is 7. The van der Waals surface area contributed by atoms with Crippen LogP contribution < -0.4 is 5.32 Å². The van der Waals surface area contributed by atoms with Gasteiger partial charge >= 0.3 is 0 Å². The van der Waals surface area contributed by atoms with Crippen LogP contribution in [-0.2, 0) is 4.79 Å². The molecule has 0 unspecified atom stereocenters. The van der Waals surface area contributed by atoms with Crippen LogP contribution in [0.1, 0.15) is 58.3 Å². The molecule has 3 nitrogen and oxygen atoms in total. The summed E-state index contributed by atoms with van der Waals surface area (Å²) in [5, 5.41) is 2.84. The van der Waals surface area contributed by atoms with E-state index in [2.05, 4.69) is 17.3 Å². The van der Waals surface area contributed by atoms with Gasteiger partial charge in [0, 0.05) is 19.5 Å². The van der Waals surface area contributed by atoms with Gasteiger partial charge in [-0.15, -0.1) is 0 Å². The van der Waals surface area contributed by atoms with Crippen LogP contribution in [0.25, 0.3) is 0 Å². The minimum Gasteiger partial charge on any atom is -0.356 e. The van der Waals surface area contributed by atoms with Crippen LogP contribution in [-0.4, -0.2) is 37.0 Å². The highest BCUT2D eigenvalue weighted by molar-refractivity contribution is 5.72. The zero-order valence-corrected chi connectivity index (χ0v) is 11.5. The zero-order chi connectivity index (χ0) is 12.5. The summed E-state index contributed by atoms with van der Waals surface area (Å²) in [6.07, 6.45) is 10.6. The Morgan fingerprint density at radius 3 is 2.53 bits per heavy atom. The Morgan fingerprint density at radius 2 is 1.88 bits per heavy atom. The van der Waals surface area contributed by atoms with E-state index < -0.39 is 0 Å². The quantitative estimate of drug-likeness (QED) is 0.694. The molecule has 0 heterocycles. The minimum atomic E-state index is 0.0873. The maximum absolute atomic E-state index is 10.7. The zero-order valence-electron chi connectivity index (χ0n) is 11.5. The number of unbranched alkanes of at least 4 members (excludes halogenated alkanes) is 2. The number of hydrogen-bond acceptors (Lipinski definition) is 2. The molecule has 1 aliphatic carbocycles. The van der Waals surface area contributed by atoms with Gasteiger partial charge in [-0.3, -0.25) is 4.79 Å². The fraction of sp³-hybridized carbons (Fsp3) is 0.929. The van der Waals surface area contributed by atoms with Crippen molar-refractivity contribution in [3.63, 3.8) is 0 Å². The predicted octanol–water partition coefficient (Wildman–Crippen LogP) is 2.56. The molecule has 0 aromatic carbocycles. The molecule has 1 amide bonds. The van der Waals surface area contributed by atoms with Crippen LogP contribution in [0.4, 0.5) is 0 Å². The maximum atomic E-state index is 10.7. The minimum absolute atomic E-state index is 0.0873. The van der Waals surface area contributed by atoms with Gasteiger partial charge in [-0.25, -0.2) is 0 Å². The molecule has 0 bridgehead atoms. The van der Waals surface area contributed by atoms with Gasteiger partial charge in [0.15, 0.2) is 0 Å². The van der Waals surface area contributed by atoms with Gasteiger partial charge in [-0.2, -0.15) is 0 Å². The van der Waals surface area contributed by atoms with Gasteiger partial charge in [0.1, 0.15) is 0 Å². The molecule has 100 valence electrons. The second-order valence-electron chi connectivity index (χ2n) is 5.32. The van der Waals surface area contributed by atoms with Gasteiger partial charge in [-0.05, 0) is 39.3 Å². The van der Waals surface area contributed by atoms with Gasteiger partial charge < -0.3 is 10.2 Å². The summed E-state index contributed by atoms with van der Waals surface area (Å²) in [7, 11) is 2.27. The molecule has 17 heavy (non-hydrogen) atoms. The molecule has 1 saturated carbocycles. The van der Waals surface area contributed by atoms with Gasteiger partial charge in [0.05, 0.1) is 0 Å². The van der Waals surface area contributed by atoms with E-state index in [-0.39, 0.29) is 5.91 Å². The molecule has 0 aromatic heterocycles. The molecule has 0 radical (unpaired) electrons. The molecular weight excluding hydrogens is 212 g/mol. The Balaban J connectivity index is 1.96. The lowest BCUT2D eigenvalue weighted by Crippen LogP contribution is -2.34.